The molecule has 1 aromatic rings. The van der Waals surface area contributed by atoms with Crippen molar-refractivity contribution in [3.63, 3.8) is 0 Å². The van der Waals surface area contributed by atoms with Gasteiger partial charge in [-0.15, -0.1) is 0 Å². The van der Waals surface area contributed by atoms with Crippen LogP contribution in [0.25, 0.3) is 0 Å². The van der Waals surface area contributed by atoms with E-state index in [1.807, 2.05) is 0 Å². The molecule has 1 aromatic heterocycles. The van der Waals surface area contributed by atoms with Gasteiger partial charge in [-0.25, -0.2) is 4.98 Å². The SMILES string of the molecule is CCC1CCN(C(=O)c2cccnc2F)CC1. The summed E-state index contributed by atoms with van der Waals surface area (Å²) in [5.74, 6) is -0.196. The molecule has 0 spiro atoms. The molecule has 92 valence electrons. The van der Waals surface area contributed by atoms with Gasteiger partial charge in [0.25, 0.3) is 5.91 Å². The number of pyridine rings is 1. The minimum atomic E-state index is -0.671. The van der Waals surface area contributed by atoms with E-state index >= 15 is 0 Å². The van der Waals surface area contributed by atoms with Crippen LogP contribution in [0.15, 0.2) is 18.3 Å². The van der Waals surface area contributed by atoms with Gasteiger partial charge >= 0.3 is 0 Å². The number of nitrogens with zero attached hydrogens (tertiary/aromatic N) is 2. The molecule has 1 saturated heterocycles. The van der Waals surface area contributed by atoms with Crippen LogP contribution in [0.3, 0.4) is 0 Å². The van der Waals surface area contributed by atoms with Crippen molar-refractivity contribution in [3.8, 4) is 0 Å². The summed E-state index contributed by atoms with van der Waals surface area (Å²) in [6.07, 6.45) is 4.55. The van der Waals surface area contributed by atoms with Crippen molar-refractivity contribution in [1.29, 1.82) is 0 Å². The van der Waals surface area contributed by atoms with Crippen molar-refractivity contribution < 1.29 is 9.18 Å². The Labute approximate surface area is 101 Å². The zero-order valence-corrected chi connectivity index (χ0v) is 10.0. The highest BCUT2D eigenvalue weighted by molar-refractivity contribution is 5.94. The van der Waals surface area contributed by atoms with E-state index in [2.05, 4.69) is 11.9 Å². The van der Waals surface area contributed by atoms with Crippen LogP contribution in [0.5, 0.6) is 0 Å². The first kappa shape index (κ1) is 12.0. The molecule has 1 amide bonds. The number of hydrogen-bond acceptors (Lipinski definition) is 2. The van der Waals surface area contributed by atoms with Gasteiger partial charge in [0.15, 0.2) is 0 Å². The number of likely N-dealkylation sites (tertiary alicyclic amines) is 1. The van der Waals surface area contributed by atoms with E-state index < -0.39 is 5.95 Å². The second-order valence-corrected chi connectivity index (χ2v) is 4.49. The maximum Gasteiger partial charge on any atom is 0.258 e. The van der Waals surface area contributed by atoms with Gasteiger partial charge in [-0.1, -0.05) is 13.3 Å². The molecule has 1 fully saturated rings. The van der Waals surface area contributed by atoms with E-state index in [0.29, 0.717) is 5.92 Å². The number of piperidine rings is 1. The Morgan fingerprint density at radius 3 is 2.82 bits per heavy atom. The third kappa shape index (κ3) is 2.62. The average Bonchev–Trinajstić information content (AvgIpc) is 2.39. The van der Waals surface area contributed by atoms with Crippen LogP contribution in [0.1, 0.15) is 36.5 Å². The van der Waals surface area contributed by atoms with Gasteiger partial charge in [0.2, 0.25) is 5.95 Å². The van der Waals surface area contributed by atoms with Crippen molar-refractivity contribution in [3.05, 3.63) is 29.8 Å². The summed E-state index contributed by atoms with van der Waals surface area (Å²) in [6.45, 7) is 3.63. The monoisotopic (exact) mass is 236 g/mol. The van der Waals surface area contributed by atoms with Gasteiger partial charge in [-0.2, -0.15) is 4.39 Å². The van der Waals surface area contributed by atoms with Gasteiger partial charge in [-0.3, -0.25) is 4.79 Å². The van der Waals surface area contributed by atoms with E-state index in [-0.39, 0.29) is 11.5 Å². The number of amides is 1. The van der Waals surface area contributed by atoms with Gasteiger partial charge in [0.1, 0.15) is 0 Å². The molecule has 0 aliphatic carbocycles. The smallest absolute Gasteiger partial charge is 0.258 e. The van der Waals surface area contributed by atoms with E-state index in [9.17, 15) is 9.18 Å². The van der Waals surface area contributed by atoms with Gasteiger partial charge in [0, 0.05) is 19.3 Å². The Hall–Kier alpha value is -1.45. The van der Waals surface area contributed by atoms with E-state index in [0.717, 1.165) is 32.4 Å². The lowest BCUT2D eigenvalue weighted by Gasteiger charge is -2.31. The Bertz CT molecular complexity index is 400. The molecule has 0 radical (unpaired) electrons. The number of carbonyl (C=O) groups excluding carboxylic acids is 1. The van der Waals surface area contributed by atoms with Crippen LogP contribution in [0.2, 0.25) is 0 Å². The van der Waals surface area contributed by atoms with Gasteiger partial charge in [0.05, 0.1) is 5.56 Å². The predicted octanol–water partition coefficient (Wildman–Crippen LogP) is 2.48. The summed E-state index contributed by atoms with van der Waals surface area (Å²) in [7, 11) is 0. The molecule has 4 heteroatoms. The zero-order chi connectivity index (χ0) is 12.3. The summed E-state index contributed by atoms with van der Waals surface area (Å²) in [6, 6.07) is 3.09. The second-order valence-electron chi connectivity index (χ2n) is 4.49. The highest BCUT2D eigenvalue weighted by Crippen LogP contribution is 2.21. The lowest BCUT2D eigenvalue weighted by molar-refractivity contribution is 0.0683. The predicted molar refractivity (Wildman–Crippen MR) is 63.1 cm³/mol. The summed E-state index contributed by atoms with van der Waals surface area (Å²) in [5.41, 5.74) is 0.0856. The first-order valence-corrected chi connectivity index (χ1v) is 6.12. The fourth-order valence-corrected chi connectivity index (χ4v) is 2.26. The largest absolute Gasteiger partial charge is 0.338 e. The number of rotatable bonds is 2. The van der Waals surface area contributed by atoms with Crippen molar-refractivity contribution in [2.24, 2.45) is 5.92 Å². The zero-order valence-electron chi connectivity index (χ0n) is 10.0. The van der Waals surface area contributed by atoms with Crippen LogP contribution < -0.4 is 0 Å². The Morgan fingerprint density at radius 2 is 2.24 bits per heavy atom. The minimum Gasteiger partial charge on any atom is -0.338 e. The highest BCUT2D eigenvalue weighted by atomic mass is 19.1. The number of halogens is 1. The number of carbonyl (C=O) groups is 1. The Balaban J connectivity index is 2.04. The molecule has 1 aliphatic rings. The molecule has 3 nitrogen and oxygen atoms in total. The van der Waals surface area contributed by atoms with Crippen LogP contribution in [-0.2, 0) is 0 Å². The molecule has 17 heavy (non-hydrogen) atoms. The van der Waals surface area contributed by atoms with Crippen LogP contribution in [-0.4, -0.2) is 28.9 Å². The molecular weight excluding hydrogens is 219 g/mol. The fraction of sp³-hybridized carbons (Fsp3) is 0.538. The van der Waals surface area contributed by atoms with Crippen molar-refractivity contribution >= 4 is 5.91 Å². The highest BCUT2D eigenvalue weighted by Gasteiger charge is 2.24. The Morgan fingerprint density at radius 1 is 1.53 bits per heavy atom. The first-order valence-electron chi connectivity index (χ1n) is 6.12. The summed E-state index contributed by atoms with van der Waals surface area (Å²) in [5, 5.41) is 0. The van der Waals surface area contributed by atoms with Crippen LogP contribution in [0, 0.1) is 11.9 Å². The maximum absolute atomic E-state index is 13.4. The quantitative estimate of drug-likeness (QED) is 0.739. The Kier molecular flexibility index (Phi) is 3.71. The molecule has 0 atom stereocenters. The molecule has 2 heterocycles. The first-order chi connectivity index (χ1) is 8.22. The lowest BCUT2D eigenvalue weighted by Crippen LogP contribution is -2.38. The molecule has 0 unspecified atom stereocenters. The molecular formula is C13H17FN2O. The van der Waals surface area contributed by atoms with Gasteiger partial charge < -0.3 is 4.90 Å². The van der Waals surface area contributed by atoms with Crippen LogP contribution >= 0.6 is 0 Å². The van der Waals surface area contributed by atoms with E-state index in [4.69, 9.17) is 0 Å². The molecule has 0 bridgehead atoms. The number of aromatic nitrogens is 1. The maximum atomic E-state index is 13.4. The minimum absolute atomic E-state index is 0.0856. The molecule has 1 aliphatic heterocycles. The average molecular weight is 236 g/mol. The van der Waals surface area contributed by atoms with E-state index in [1.54, 1.807) is 11.0 Å². The normalized spacial score (nSPS) is 17.2. The molecule has 0 aromatic carbocycles. The fourth-order valence-electron chi connectivity index (χ4n) is 2.26. The lowest BCUT2D eigenvalue weighted by atomic mass is 9.94. The van der Waals surface area contributed by atoms with Crippen molar-refractivity contribution in [2.45, 2.75) is 26.2 Å². The summed E-state index contributed by atoms with van der Waals surface area (Å²) >= 11 is 0. The standard InChI is InChI=1S/C13H17FN2O/c1-2-10-5-8-16(9-6-10)13(17)11-4-3-7-15-12(11)14/h3-4,7,10H,2,5-6,8-9H2,1H3. The number of hydrogen-bond donors (Lipinski definition) is 0. The van der Waals surface area contributed by atoms with Gasteiger partial charge in [-0.05, 0) is 30.9 Å². The third-order valence-corrected chi connectivity index (χ3v) is 3.47. The van der Waals surface area contributed by atoms with Crippen molar-refractivity contribution in [2.75, 3.05) is 13.1 Å². The molecule has 0 saturated carbocycles. The van der Waals surface area contributed by atoms with Crippen molar-refractivity contribution in [1.82, 2.24) is 9.88 Å². The summed E-state index contributed by atoms with van der Waals surface area (Å²) in [4.78, 5) is 17.3. The molecule has 2 rings (SSSR count). The third-order valence-electron chi connectivity index (χ3n) is 3.47. The molecule has 0 N–H and O–H groups in total. The van der Waals surface area contributed by atoms with Crippen LogP contribution in [0.4, 0.5) is 4.39 Å². The topological polar surface area (TPSA) is 33.2 Å². The van der Waals surface area contributed by atoms with E-state index in [1.165, 1.54) is 12.3 Å². The summed E-state index contributed by atoms with van der Waals surface area (Å²) < 4.78 is 13.4. The second kappa shape index (κ2) is 5.25.